The first-order valence-corrected chi connectivity index (χ1v) is 14.4. The fourth-order valence-corrected chi connectivity index (χ4v) is 8.28. The third kappa shape index (κ3) is 4.54. The quantitative estimate of drug-likeness (QED) is 0.188. The van der Waals surface area contributed by atoms with Crippen molar-refractivity contribution in [3.63, 3.8) is 0 Å². The summed E-state index contributed by atoms with van der Waals surface area (Å²) >= 11 is 2.03. The summed E-state index contributed by atoms with van der Waals surface area (Å²) < 4.78 is 0.983. The van der Waals surface area contributed by atoms with Crippen LogP contribution in [0.1, 0.15) is 22.3 Å². The van der Waals surface area contributed by atoms with Gasteiger partial charge in [0.15, 0.2) is 12.1 Å². The molecule has 0 aromatic heterocycles. The number of fused-ring (bicyclic) bond motifs is 1. The minimum absolute atomic E-state index is 0.283. The minimum Gasteiger partial charge on any atom is -0.191 e. The van der Waals surface area contributed by atoms with Crippen LogP contribution in [-0.2, 0) is 26.2 Å². The normalized spacial score (nSPS) is 21.6. The Kier molecular flexibility index (Phi) is 6.72. The molecule has 0 unspecified atom stereocenters. The first-order chi connectivity index (χ1) is 18.2. The second kappa shape index (κ2) is 10.3. The van der Waals surface area contributed by atoms with Crippen LogP contribution in [0.2, 0.25) is 0 Å². The molecule has 2 heterocycles. The van der Waals surface area contributed by atoms with Crippen molar-refractivity contribution in [3.05, 3.63) is 144 Å². The zero-order valence-corrected chi connectivity index (χ0v) is 22.0. The van der Waals surface area contributed by atoms with Gasteiger partial charge in [-0.2, -0.15) is 13.8 Å². The summed E-state index contributed by atoms with van der Waals surface area (Å²) in [5.41, 5.74) is 4.95. The lowest BCUT2D eigenvalue weighted by Gasteiger charge is -2.36. The van der Waals surface area contributed by atoms with Crippen LogP contribution in [0.25, 0.3) is 0 Å². The van der Waals surface area contributed by atoms with Crippen LogP contribution in [0.3, 0.4) is 0 Å². The zero-order valence-electron chi connectivity index (χ0n) is 21.2. The van der Waals surface area contributed by atoms with Crippen molar-refractivity contribution in [2.75, 3.05) is 11.5 Å². The molecule has 2 amide bonds. The lowest BCUT2D eigenvalue weighted by molar-refractivity contribution is -0.950. The molecule has 0 saturated carbocycles. The van der Waals surface area contributed by atoms with Gasteiger partial charge < -0.3 is 0 Å². The largest absolute Gasteiger partial charge is 0.516 e. The highest BCUT2D eigenvalue weighted by Crippen LogP contribution is 2.49. The van der Waals surface area contributed by atoms with Gasteiger partial charge in [0.1, 0.15) is 26.2 Å². The van der Waals surface area contributed by atoms with Gasteiger partial charge in [0.25, 0.3) is 0 Å². The number of amides is 2. The molecule has 2 fully saturated rings. The zero-order chi connectivity index (χ0) is 25.1. The summed E-state index contributed by atoms with van der Waals surface area (Å²) in [6.45, 7) is 2.94. The predicted molar refractivity (Wildman–Crippen MR) is 151 cm³/mol. The smallest absolute Gasteiger partial charge is 0.191 e. The Morgan fingerprint density at radius 1 is 0.486 bits per heavy atom. The predicted octanol–water partition coefficient (Wildman–Crippen LogP) is 7.04. The Balaban J connectivity index is 1.51. The third-order valence-electron chi connectivity index (χ3n) is 8.28. The Bertz CT molecular complexity index is 1140. The number of rotatable bonds is 8. The molecule has 2 saturated heterocycles. The molecule has 4 aromatic carbocycles. The van der Waals surface area contributed by atoms with E-state index in [1.165, 1.54) is 22.3 Å². The van der Waals surface area contributed by atoms with Crippen molar-refractivity contribution in [2.24, 2.45) is 0 Å². The second-order valence-corrected chi connectivity index (χ2v) is 11.7. The van der Waals surface area contributed by atoms with Crippen LogP contribution in [-0.4, -0.2) is 38.6 Å². The van der Waals surface area contributed by atoms with E-state index in [4.69, 9.17) is 0 Å². The number of hydrogen-bond acceptors (Lipinski definition) is 2. The standard InChI is InChI=1S/C33H34N2OS/c36-33-34(21-27-13-5-1-6-14-27,22-28-15-7-2-8-16-28)31-25-37-26-32(31)35(33,23-29-17-9-3-10-18-29)24-30-19-11-4-12-20-30/h1-20,31-32H,21-26H2/q+2/t31-,32+. The SMILES string of the molecule is O=C1[N+](Cc2ccccc2)(Cc2ccccc2)[C@@H]2CSC[C@@H]2[N+]1(Cc1ccccc1)Cc1ccccc1. The van der Waals surface area contributed by atoms with Gasteiger partial charge in [-0.3, -0.25) is 0 Å². The van der Waals surface area contributed by atoms with E-state index in [-0.39, 0.29) is 12.1 Å². The summed E-state index contributed by atoms with van der Waals surface area (Å²) in [7, 11) is 0. The summed E-state index contributed by atoms with van der Waals surface area (Å²) in [5.74, 6) is 2.05. The number of carbonyl (C=O) groups is 1. The van der Waals surface area contributed by atoms with Crippen LogP contribution in [0.4, 0.5) is 4.79 Å². The number of urea groups is 1. The maximum atomic E-state index is 15.3. The fourth-order valence-electron chi connectivity index (χ4n) is 6.64. The van der Waals surface area contributed by atoms with Crippen molar-refractivity contribution >= 4 is 17.8 Å². The third-order valence-corrected chi connectivity index (χ3v) is 9.44. The van der Waals surface area contributed by atoms with E-state index in [0.717, 1.165) is 37.7 Å². The number of benzene rings is 4. The molecule has 186 valence electrons. The maximum Gasteiger partial charge on any atom is 0.516 e. The highest BCUT2D eigenvalue weighted by molar-refractivity contribution is 7.99. The van der Waals surface area contributed by atoms with Crippen molar-refractivity contribution in [1.82, 2.24) is 0 Å². The molecule has 0 bridgehead atoms. The first-order valence-electron chi connectivity index (χ1n) is 13.2. The van der Waals surface area contributed by atoms with Gasteiger partial charge >= 0.3 is 6.03 Å². The Labute approximate surface area is 224 Å². The molecule has 4 aromatic rings. The Morgan fingerprint density at radius 2 is 0.757 bits per heavy atom. The van der Waals surface area contributed by atoms with Crippen molar-refractivity contribution in [2.45, 2.75) is 38.3 Å². The van der Waals surface area contributed by atoms with E-state index in [2.05, 4.69) is 121 Å². The van der Waals surface area contributed by atoms with E-state index in [1.807, 2.05) is 11.8 Å². The fraction of sp³-hybridized carbons (Fsp3) is 0.242. The molecule has 0 radical (unpaired) electrons. The molecule has 2 aliphatic rings. The van der Waals surface area contributed by atoms with E-state index < -0.39 is 0 Å². The number of nitrogens with zero attached hydrogens (tertiary/aromatic N) is 2. The van der Waals surface area contributed by atoms with Crippen molar-refractivity contribution in [1.29, 1.82) is 0 Å². The maximum absolute atomic E-state index is 15.3. The molecule has 0 N–H and O–H groups in total. The van der Waals surface area contributed by atoms with E-state index in [9.17, 15) is 0 Å². The highest BCUT2D eigenvalue weighted by Gasteiger charge is 2.72. The lowest BCUT2D eigenvalue weighted by atomic mass is 10.0. The van der Waals surface area contributed by atoms with Crippen molar-refractivity contribution < 1.29 is 13.8 Å². The average molecular weight is 507 g/mol. The van der Waals surface area contributed by atoms with Crippen molar-refractivity contribution in [3.8, 4) is 0 Å². The summed E-state index contributed by atoms with van der Waals surface area (Å²) in [4.78, 5) is 15.3. The van der Waals surface area contributed by atoms with Crippen LogP contribution in [0.5, 0.6) is 0 Å². The van der Waals surface area contributed by atoms with Crippen LogP contribution in [0, 0.1) is 0 Å². The molecule has 37 heavy (non-hydrogen) atoms. The monoisotopic (exact) mass is 506 g/mol. The molecular formula is C33H34N2OS+2. The summed E-state index contributed by atoms with van der Waals surface area (Å²) in [6.07, 6.45) is 0. The average Bonchev–Trinajstić information content (AvgIpc) is 3.50. The van der Waals surface area contributed by atoms with Gasteiger partial charge in [-0.05, 0) is 0 Å². The molecule has 2 aliphatic heterocycles. The van der Waals surface area contributed by atoms with Gasteiger partial charge in [-0.15, -0.1) is 11.8 Å². The molecule has 0 aliphatic carbocycles. The molecule has 2 atom stereocenters. The van der Waals surface area contributed by atoms with E-state index >= 15 is 4.79 Å². The first kappa shape index (κ1) is 24.2. The topological polar surface area (TPSA) is 17.1 Å². The lowest BCUT2D eigenvalue weighted by Crippen LogP contribution is -2.59. The Hall–Kier alpha value is -3.18. The number of hydrogen-bond donors (Lipinski definition) is 0. The highest BCUT2D eigenvalue weighted by atomic mass is 32.2. The van der Waals surface area contributed by atoms with Gasteiger partial charge in [-0.1, -0.05) is 121 Å². The molecular weight excluding hydrogens is 472 g/mol. The number of thioether (sulfide) groups is 1. The summed E-state index contributed by atoms with van der Waals surface area (Å²) in [6, 6.07) is 43.6. The van der Waals surface area contributed by atoms with Crippen LogP contribution >= 0.6 is 11.8 Å². The molecule has 4 heteroatoms. The minimum atomic E-state index is 0.283. The van der Waals surface area contributed by atoms with E-state index in [1.54, 1.807) is 0 Å². The van der Waals surface area contributed by atoms with Gasteiger partial charge in [0.05, 0.1) is 11.5 Å². The van der Waals surface area contributed by atoms with E-state index in [0.29, 0.717) is 15.0 Å². The molecule has 3 nitrogen and oxygen atoms in total. The Morgan fingerprint density at radius 3 is 1.03 bits per heavy atom. The van der Waals surface area contributed by atoms with Crippen LogP contribution < -0.4 is 0 Å². The summed E-state index contributed by atoms with van der Waals surface area (Å²) in [5, 5.41) is 0. The second-order valence-electron chi connectivity index (χ2n) is 10.6. The molecule has 0 spiro atoms. The van der Waals surface area contributed by atoms with Crippen LogP contribution in [0.15, 0.2) is 121 Å². The number of quaternary nitrogens is 2. The van der Waals surface area contributed by atoms with Gasteiger partial charge in [0.2, 0.25) is 0 Å². The van der Waals surface area contributed by atoms with Gasteiger partial charge in [-0.25, -0.2) is 0 Å². The van der Waals surface area contributed by atoms with Gasteiger partial charge in [0, 0.05) is 22.3 Å². The molecule has 6 rings (SSSR count). The number of carbonyl (C=O) groups excluding carboxylic acids is 1.